The highest BCUT2D eigenvalue weighted by molar-refractivity contribution is 7.70. The van der Waals surface area contributed by atoms with Crippen molar-refractivity contribution in [1.29, 1.82) is 0 Å². The van der Waals surface area contributed by atoms with Gasteiger partial charge in [-0.25, -0.2) is 9.37 Å². The predicted molar refractivity (Wildman–Crippen MR) is 227 cm³/mol. The number of para-hydroxylation sites is 1. The summed E-state index contributed by atoms with van der Waals surface area (Å²) in [5, 5.41) is 9.67. The van der Waals surface area contributed by atoms with E-state index >= 15 is 4.39 Å². The number of rotatable bonds is 11. The van der Waals surface area contributed by atoms with Gasteiger partial charge in [0.25, 0.3) is 11.8 Å². The summed E-state index contributed by atoms with van der Waals surface area (Å²) in [5.74, 6) is -1.77. The zero-order valence-corrected chi connectivity index (χ0v) is 35.2. The van der Waals surface area contributed by atoms with E-state index in [-0.39, 0.29) is 30.5 Å². The van der Waals surface area contributed by atoms with Gasteiger partial charge >= 0.3 is 0 Å². The number of aromatic nitrogens is 2. The van der Waals surface area contributed by atoms with Crippen molar-refractivity contribution in [3.05, 3.63) is 88.3 Å². The Balaban J connectivity index is 0.844. The maximum atomic E-state index is 15.4. The Hall–Kier alpha value is -5.41. The Labute approximate surface area is 352 Å². The second-order valence-corrected chi connectivity index (χ2v) is 19.5. The molecule has 4 aromatic rings. The number of ether oxygens (including phenoxy) is 1. The summed E-state index contributed by atoms with van der Waals surface area (Å²) in [6.07, 6.45) is 3.52. The number of hydrogen-bond acceptors (Lipinski definition) is 13. The van der Waals surface area contributed by atoms with E-state index in [9.17, 15) is 23.7 Å². The van der Waals surface area contributed by atoms with Crippen LogP contribution in [0.2, 0.25) is 5.02 Å². The molecular formula is C42H46ClFN9O6P. The zero-order valence-electron chi connectivity index (χ0n) is 33.5. The van der Waals surface area contributed by atoms with E-state index in [1.807, 2.05) is 42.5 Å². The molecule has 1 aromatic heterocycles. The van der Waals surface area contributed by atoms with Crippen molar-refractivity contribution in [2.24, 2.45) is 0 Å². The van der Waals surface area contributed by atoms with Gasteiger partial charge in [0, 0.05) is 80.9 Å². The van der Waals surface area contributed by atoms with E-state index in [1.54, 1.807) is 20.4 Å². The van der Waals surface area contributed by atoms with E-state index in [2.05, 4.69) is 40.6 Å². The molecule has 0 bridgehead atoms. The van der Waals surface area contributed by atoms with Gasteiger partial charge < -0.3 is 24.8 Å². The van der Waals surface area contributed by atoms with Gasteiger partial charge in [-0.3, -0.25) is 39.2 Å². The minimum Gasteiger partial charge on any atom is -0.494 e. The molecule has 0 aliphatic carbocycles. The lowest BCUT2D eigenvalue weighted by Gasteiger charge is -2.43. The molecule has 15 nitrogen and oxygen atoms in total. The van der Waals surface area contributed by atoms with Crippen LogP contribution < -0.4 is 30.9 Å². The second kappa shape index (κ2) is 16.9. The SMILES string of the molecule is COc1cc(N2CCC(N3CCN(Cc4cc5c(cc4F)C(=O)N(C4CCC(=O)NC4=O)C5=O)CC3)CC2)ccc1Nc1ncc(Cl)c(Nc2ccccc2P(C)(C)=O)n1. The summed E-state index contributed by atoms with van der Waals surface area (Å²) < 4.78 is 34.1. The summed E-state index contributed by atoms with van der Waals surface area (Å²) in [7, 11) is -0.950. The Bertz CT molecular complexity index is 2420. The van der Waals surface area contributed by atoms with Gasteiger partial charge in [-0.2, -0.15) is 4.98 Å². The molecule has 3 fully saturated rings. The number of amides is 4. The van der Waals surface area contributed by atoms with Crippen LogP contribution in [0.15, 0.2) is 60.8 Å². The molecule has 60 heavy (non-hydrogen) atoms. The van der Waals surface area contributed by atoms with Gasteiger partial charge in [0.05, 0.1) is 35.8 Å². The fraction of sp³-hybridized carbons (Fsp3) is 0.381. The highest BCUT2D eigenvalue weighted by Crippen LogP contribution is 2.39. The molecule has 314 valence electrons. The number of piperazine rings is 1. The number of benzene rings is 3. The molecule has 0 saturated carbocycles. The average Bonchev–Trinajstić information content (AvgIpc) is 3.46. The monoisotopic (exact) mass is 857 g/mol. The number of nitrogens with one attached hydrogen (secondary N) is 3. The largest absolute Gasteiger partial charge is 0.494 e. The first-order valence-electron chi connectivity index (χ1n) is 19.9. The van der Waals surface area contributed by atoms with Crippen molar-refractivity contribution < 1.29 is 32.9 Å². The third-order valence-corrected chi connectivity index (χ3v) is 13.5. The molecule has 5 heterocycles. The third kappa shape index (κ3) is 8.46. The summed E-state index contributed by atoms with van der Waals surface area (Å²) in [6, 6.07) is 15.2. The van der Waals surface area contributed by atoms with Gasteiger partial charge in [-0.1, -0.05) is 23.7 Å². The molecule has 3 saturated heterocycles. The molecule has 3 aromatic carbocycles. The minimum atomic E-state index is -2.57. The van der Waals surface area contributed by atoms with Gasteiger partial charge in [0.2, 0.25) is 17.8 Å². The lowest BCUT2D eigenvalue weighted by molar-refractivity contribution is -0.136. The van der Waals surface area contributed by atoms with E-state index < -0.39 is 42.6 Å². The first-order chi connectivity index (χ1) is 28.8. The molecular weight excluding hydrogens is 812 g/mol. The summed E-state index contributed by atoms with van der Waals surface area (Å²) in [6.45, 7) is 8.53. The number of imide groups is 2. The molecule has 8 rings (SSSR count). The van der Waals surface area contributed by atoms with Crippen LogP contribution in [0.1, 0.15) is 52.0 Å². The van der Waals surface area contributed by atoms with Crippen molar-refractivity contribution in [1.82, 2.24) is 30.0 Å². The van der Waals surface area contributed by atoms with Crippen LogP contribution in [0.4, 0.5) is 33.2 Å². The highest BCUT2D eigenvalue weighted by Gasteiger charge is 2.45. The second-order valence-electron chi connectivity index (χ2n) is 15.9. The Morgan fingerprint density at radius 3 is 2.32 bits per heavy atom. The molecule has 1 unspecified atom stereocenters. The number of nitrogens with zero attached hydrogens (tertiary/aromatic N) is 6. The van der Waals surface area contributed by atoms with E-state index in [0.717, 1.165) is 68.8 Å². The number of methoxy groups -OCH3 is 1. The Kier molecular flexibility index (Phi) is 11.7. The number of carbonyl (C=O) groups excluding carboxylic acids is 4. The fourth-order valence-electron chi connectivity index (χ4n) is 8.46. The Morgan fingerprint density at radius 1 is 0.900 bits per heavy atom. The van der Waals surface area contributed by atoms with Gasteiger partial charge in [0.15, 0.2) is 5.82 Å². The average molecular weight is 858 g/mol. The van der Waals surface area contributed by atoms with Crippen molar-refractivity contribution >= 4 is 76.5 Å². The maximum Gasteiger partial charge on any atom is 0.262 e. The van der Waals surface area contributed by atoms with Crippen LogP contribution in [-0.4, -0.2) is 120 Å². The molecule has 0 radical (unpaired) electrons. The summed E-state index contributed by atoms with van der Waals surface area (Å²) in [5.41, 5.74) is 2.73. The van der Waals surface area contributed by atoms with E-state index in [4.69, 9.17) is 16.3 Å². The van der Waals surface area contributed by atoms with Crippen LogP contribution in [0.25, 0.3) is 0 Å². The van der Waals surface area contributed by atoms with Crippen molar-refractivity contribution in [3.63, 3.8) is 0 Å². The van der Waals surface area contributed by atoms with Crippen LogP contribution >= 0.6 is 18.7 Å². The molecule has 18 heteroatoms. The maximum absolute atomic E-state index is 15.4. The van der Waals surface area contributed by atoms with Crippen LogP contribution in [-0.2, 0) is 20.7 Å². The van der Waals surface area contributed by atoms with Crippen LogP contribution in [0.3, 0.4) is 0 Å². The predicted octanol–water partition coefficient (Wildman–Crippen LogP) is 5.20. The smallest absolute Gasteiger partial charge is 0.262 e. The number of hydrogen-bond donors (Lipinski definition) is 3. The zero-order chi connectivity index (χ0) is 42.3. The first kappa shape index (κ1) is 41.3. The first-order valence-corrected chi connectivity index (χ1v) is 22.9. The van der Waals surface area contributed by atoms with Gasteiger partial charge in [-0.15, -0.1) is 0 Å². The molecule has 3 N–H and O–H groups in total. The topological polar surface area (TPSA) is 169 Å². The highest BCUT2D eigenvalue weighted by atomic mass is 35.5. The summed E-state index contributed by atoms with van der Waals surface area (Å²) in [4.78, 5) is 67.3. The number of carbonyl (C=O) groups is 4. The number of halogens is 2. The minimum absolute atomic E-state index is 0.0160. The summed E-state index contributed by atoms with van der Waals surface area (Å²) >= 11 is 6.47. The molecule has 1 atom stereocenters. The number of piperidine rings is 2. The fourth-order valence-corrected chi connectivity index (χ4v) is 9.76. The van der Waals surface area contributed by atoms with Crippen molar-refractivity contribution in [3.8, 4) is 5.75 Å². The normalized spacial score (nSPS) is 19.4. The standard InChI is InChI=1S/C42H46ClFN9O6P/c1-59-35-21-27(8-9-32(35)47-42-45-23-30(43)38(49-42)46-33-6-4-5-7-36(33)60(2,3)58)51-14-12-26(13-15-51)52-18-16-50(17-19-52)24-25-20-28-29(22-31(25)44)41(57)53(40(28)56)34-10-11-37(54)48-39(34)55/h4-9,20-23,26,34H,10-19,24H2,1-3H3,(H,48,54,55)(H2,45,46,47,49). The lowest BCUT2D eigenvalue weighted by Crippen LogP contribution is -2.54. The quantitative estimate of drug-likeness (QED) is 0.133. The van der Waals surface area contributed by atoms with Crippen molar-refractivity contribution in [2.75, 3.05) is 75.2 Å². The number of fused-ring (bicyclic) bond motifs is 1. The lowest BCUT2D eigenvalue weighted by atomic mass is 10.0. The molecule has 4 aliphatic heterocycles. The van der Waals surface area contributed by atoms with Crippen molar-refractivity contribution in [2.45, 2.75) is 44.3 Å². The van der Waals surface area contributed by atoms with Crippen LogP contribution in [0, 0.1) is 5.82 Å². The number of anilines is 5. The third-order valence-electron chi connectivity index (χ3n) is 11.7. The molecule has 4 aliphatic rings. The van der Waals surface area contributed by atoms with Gasteiger partial charge in [0.1, 0.15) is 29.8 Å². The molecule has 0 spiro atoms. The Morgan fingerprint density at radius 2 is 1.62 bits per heavy atom. The van der Waals surface area contributed by atoms with E-state index in [1.165, 1.54) is 12.3 Å². The molecule has 4 amide bonds. The van der Waals surface area contributed by atoms with Gasteiger partial charge in [-0.05, 0) is 69.0 Å². The van der Waals surface area contributed by atoms with E-state index in [0.29, 0.717) is 50.8 Å². The van der Waals surface area contributed by atoms with Crippen LogP contribution in [0.5, 0.6) is 5.75 Å².